The number of carbonyl (C=O) groups excluding carboxylic acids is 3. The summed E-state index contributed by atoms with van der Waals surface area (Å²) in [5.41, 5.74) is 1.32. The summed E-state index contributed by atoms with van der Waals surface area (Å²) in [5.74, 6) is -1.82. The molecule has 0 aliphatic carbocycles. The topological polar surface area (TPSA) is 130 Å². The Morgan fingerprint density at radius 3 is 2.66 bits per heavy atom. The zero-order valence-corrected chi connectivity index (χ0v) is 15.9. The third-order valence-corrected chi connectivity index (χ3v) is 5.02. The molecule has 10 heteroatoms. The molecule has 29 heavy (non-hydrogen) atoms. The molecule has 0 atom stereocenters. The summed E-state index contributed by atoms with van der Waals surface area (Å²) < 4.78 is 0. The molecule has 0 unspecified atom stereocenters. The van der Waals surface area contributed by atoms with E-state index in [4.69, 9.17) is 0 Å². The quantitative estimate of drug-likeness (QED) is 0.333. The summed E-state index contributed by atoms with van der Waals surface area (Å²) >= 11 is 0.736. The zero-order chi connectivity index (χ0) is 21.1. The lowest BCUT2D eigenvalue weighted by molar-refractivity contribution is -0.384. The molecule has 0 radical (unpaired) electrons. The van der Waals surface area contributed by atoms with Crippen molar-refractivity contribution in [3.8, 4) is 5.75 Å². The molecule has 0 aromatic heterocycles. The standard InChI is InChI=1S/C19H15N3O6S/c1-11-4-2-3-5-12(11)8-16-18(25)21(19(26)29-16)10-17(24)20-14-7-6-13(22(27)28)9-15(14)23/h2-9,23H,10H2,1H3,(H,20,24)/b16-8-. The van der Waals surface area contributed by atoms with E-state index in [-0.39, 0.29) is 16.3 Å². The van der Waals surface area contributed by atoms with Gasteiger partial charge in [0.15, 0.2) is 0 Å². The number of rotatable bonds is 5. The molecule has 0 saturated carbocycles. The van der Waals surface area contributed by atoms with Crippen LogP contribution < -0.4 is 5.32 Å². The number of hydrogen-bond acceptors (Lipinski definition) is 7. The van der Waals surface area contributed by atoms with E-state index in [1.54, 1.807) is 6.08 Å². The van der Waals surface area contributed by atoms with Crippen molar-refractivity contribution < 1.29 is 24.4 Å². The SMILES string of the molecule is Cc1ccccc1/C=C1\SC(=O)N(CC(=O)Nc2ccc([N+](=O)[O-])cc2O)C1=O. The lowest BCUT2D eigenvalue weighted by Crippen LogP contribution is -2.36. The Morgan fingerprint density at radius 2 is 2.00 bits per heavy atom. The molecule has 9 nitrogen and oxygen atoms in total. The number of benzene rings is 2. The van der Waals surface area contributed by atoms with Crippen molar-refractivity contribution in [2.24, 2.45) is 0 Å². The maximum absolute atomic E-state index is 12.5. The fraction of sp³-hybridized carbons (Fsp3) is 0.105. The fourth-order valence-electron chi connectivity index (χ4n) is 2.60. The average Bonchev–Trinajstić information content (AvgIpc) is 2.92. The minimum atomic E-state index is -0.728. The monoisotopic (exact) mass is 413 g/mol. The van der Waals surface area contributed by atoms with Crippen molar-refractivity contribution in [3.05, 3.63) is 68.6 Å². The van der Waals surface area contributed by atoms with Gasteiger partial charge in [0.1, 0.15) is 12.3 Å². The number of hydrogen-bond donors (Lipinski definition) is 2. The number of aromatic hydroxyl groups is 1. The normalized spacial score (nSPS) is 15.1. The van der Waals surface area contributed by atoms with Crippen molar-refractivity contribution in [2.75, 3.05) is 11.9 Å². The highest BCUT2D eigenvalue weighted by Gasteiger charge is 2.36. The molecule has 1 aliphatic heterocycles. The van der Waals surface area contributed by atoms with Gasteiger partial charge in [-0.3, -0.25) is 29.4 Å². The van der Waals surface area contributed by atoms with Crippen LogP contribution in [0.5, 0.6) is 5.75 Å². The Bertz CT molecular complexity index is 1070. The first-order valence-corrected chi connectivity index (χ1v) is 9.16. The smallest absolute Gasteiger partial charge is 0.294 e. The van der Waals surface area contributed by atoms with Crippen LogP contribution in [0.25, 0.3) is 6.08 Å². The predicted octanol–water partition coefficient (Wildman–Crippen LogP) is 3.28. The molecule has 3 amide bonds. The van der Waals surface area contributed by atoms with Gasteiger partial charge in [0.05, 0.1) is 21.6 Å². The van der Waals surface area contributed by atoms with Crippen molar-refractivity contribution >= 4 is 46.3 Å². The van der Waals surface area contributed by atoms with Crippen LogP contribution in [-0.4, -0.2) is 38.5 Å². The minimum Gasteiger partial charge on any atom is -0.506 e. The minimum absolute atomic E-state index is 0.0666. The van der Waals surface area contributed by atoms with Gasteiger partial charge in [-0.25, -0.2) is 0 Å². The van der Waals surface area contributed by atoms with Gasteiger partial charge in [-0.05, 0) is 42.0 Å². The van der Waals surface area contributed by atoms with Crippen LogP contribution in [0.1, 0.15) is 11.1 Å². The Morgan fingerprint density at radius 1 is 1.28 bits per heavy atom. The number of amides is 3. The number of thioether (sulfide) groups is 1. The lowest BCUT2D eigenvalue weighted by Gasteiger charge is -2.13. The van der Waals surface area contributed by atoms with Gasteiger partial charge in [0, 0.05) is 6.07 Å². The third-order valence-electron chi connectivity index (χ3n) is 4.12. The van der Waals surface area contributed by atoms with E-state index in [9.17, 15) is 29.6 Å². The second-order valence-corrected chi connectivity index (χ2v) is 7.12. The highest BCUT2D eigenvalue weighted by atomic mass is 32.2. The van der Waals surface area contributed by atoms with E-state index >= 15 is 0 Å². The first kappa shape index (κ1) is 20.1. The summed E-state index contributed by atoms with van der Waals surface area (Å²) in [6, 6.07) is 10.5. The molecule has 1 fully saturated rings. The van der Waals surface area contributed by atoms with Gasteiger partial charge in [-0.2, -0.15) is 0 Å². The third kappa shape index (κ3) is 4.43. The molecule has 3 rings (SSSR count). The van der Waals surface area contributed by atoms with Crippen molar-refractivity contribution in [2.45, 2.75) is 6.92 Å². The van der Waals surface area contributed by atoms with Gasteiger partial charge in [-0.1, -0.05) is 24.3 Å². The van der Waals surface area contributed by atoms with Gasteiger partial charge < -0.3 is 10.4 Å². The van der Waals surface area contributed by atoms with Crippen molar-refractivity contribution in [1.29, 1.82) is 0 Å². The van der Waals surface area contributed by atoms with Gasteiger partial charge in [-0.15, -0.1) is 0 Å². The highest BCUT2D eigenvalue weighted by molar-refractivity contribution is 8.18. The summed E-state index contributed by atoms with van der Waals surface area (Å²) in [5, 5.41) is 22.2. The first-order chi connectivity index (χ1) is 13.8. The molecular weight excluding hydrogens is 398 g/mol. The number of imide groups is 1. The molecule has 1 heterocycles. The Labute approximate surface area is 169 Å². The number of aryl methyl sites for hydroxylation is 1. The molecule has 2 aromatic rings. The van der Waals surface area contributed by atoms with Gasteiger partial charge in [0.25, 0.3) is 16.8 Å². The number of carbonyl (C=O) groups is 3. The number of non-ortho nitro benzene ring substituents is 1. The van der Waals surface area contributed by atoms with E-state index in [2.05, 4.69) is 5.32 Å². The molecule has 1 saturated heterocycles. The highest BCUT2D eigenvalue weighted by Crippen LogP contribution is 2.33. The number of nitro benzene ring substituents is 1. The molecule has 0 spiro atoms. The fourth-order valence-corrected chi connectivity index (χ4v) is 3.43. The number of nitrogens with zero attached hydrogens (tertiary/aromatic N) is 2. The number of phenolic OH excluding ortho intramolecular Hbond substituents is 1. The molecule has 1 aliphatic rings. The van der Waals surface area contributed by atoms with Crippen LogP contribution in [0, 0.1) is 17.0 Å². The Kier molecular flexibility index (Phi) is 5.64. The maximum atomic E-state index is 12.5. The molecule has 2 aromatic carbocycles. The van der Waals surface area contributed by atoms with Gasteiger partial charge in [0.2, 0.25) is 5.91 Å². The molecule has 148 valence electrons. The molecule has 2 N–H and O–H groups in total. The zero-order valence-electron chi connectivity index (χ0n) is 15.1. The van der Waals surface area contributed by atoms with Crippen molar-refractivity contribution in [1.82, 2.24) is 4.90 Å². The lowest BCUT2D eigenvalue weighted by atomic mass is 10.1. The summed E-state index contributed by atoms with van der Waals surface area (Å²) in [6.07, 6.45) is 1.60. The largest absolute Gasteiger partial charge is 0.506 e. The number of anilines is 1. The summed E-state index contributed by atoms with van der Waals surface area (Å²) in [7, 11) is 0. The van der Waals surface area contributed by atoms with E-state index < -0.39 is 34.3 Å². The van der Waals surface area contributed by atoms with Crippen LogP contribution in [0.4, 0.5) is 16.2 Å². The number of nitrogens with one attached hydrogen (secondary N) is 1. The first-order valence-electron chi connectivity index (χ1n) is 8.34. The second kappa shape index (κ2) is 8.15. The summed E-state index contributed by atoms with van der Waals surface area (Å²) in [6.45, 7) is 1.33. The number of nitro groups is 1. The van der Waals surface area contributed by atoms with Crippen LogP contribution in [0.15, 0.2) is 47.4 Å². The Hall–Kier alpha value is -3.66. The van der Waals surface area contributed by atoms with E-state index in [0.717, 1.165) is 46.0 Å². The van der Waals surface area contributed by atoms with E-state index in [1.807, 2.05) is 31.2 Å². The maximum Gasteiger partial charge on any atom is 0.294 e. The van der Waals surface area contributed by atoms with Crippen molar-refractivity contribution in [3.63, 3.8) is 0 Å². The Balaban J connectivity index is 1.71. The molecule has 0 bridgehead atoms. The van der Waals surface area contributed by atoms with Crippen LogP contribution in [0.3, 0.4) is 0 Å². The molecular formula is C19H15N3O6S. The van der Waals surface area contributed by atoms with Crippen LogP contribution in [0.2, 0.25) is 0 Å². The van der Waals surface area contributed by atoms with E-state index in [1.165, 1.54) is 0 Å². The van der Waals surface area contributed by atoms with Crippen LogP contribution in [-0.2, 0) is 9.59 Å². The predicted molar refractivity (Wildman–Crippen MR) is 107 cm³/mol. The second-order valence-electron chi connectivity index (χ2n) is 6.13. The van der Waals surface area contributed by atoms with Crippen LogP contribution >= 0.6 is 11.8 Å². The average molecular weight is 413 g/mol. The van der Waals surface area contributed by atoms with Gasteiger partial charge >= 0.3 is 0 Å². The summed E-state index contributed by atoms with van der Waals surface area (Å²) in [4.78, 5) is 47.9. The van der Waals surface area contributed by atoms with E-state index in [0.29, 0.717) is 0 Å². The number of phenols is 1.